The minimum absolute atomic E-state index is 0.104. The molecule has 0 radical (unpaired) electrons. The second-order valence-electron chi connectivity index (χ2n) is 27.1. The van der Waals surface area contributed by atoms with Gasteiger partial charge in [-0.3, -0.25) is 37.3 Å². The maximum Gasteiger partial charge on any atom is 0.472 e. The molecule has 0 aliphatic carbocycles. The van der Waals surface area contributed by atoms with Crippen LogP contribution in [-0.2, 0) is 65.4 Å². The number of carbonyl (C=O) groups excluding carboxylic acids is 4. The summed E-state index contributed by atoms with van der Waals surface area (Å²) in [6, 6.07) is 0. The van der Waals surface area contributed by atoms with Gasteiger partial charge in [0.15, 0.2) is 12.2 Å². The molecule has 0 bridgehead atoms. The molecule has 0 aromatic heterocycles. The van der Waals surface area contributed by atoms with Gasteiger partial charge in [0.2, 0.25) is 0 Å². The molecule has 0 heterocycles. The molecule has 0 rings (SSSR count). The monoisotopic (exact) mass is 1320 g/mol. The Morgan fingerprint density at radius 3 is 0.756 bits per heavy atom. The third-order valence-electron chi connectivity index (χ3n) is 16.4. The number of hydrogen-bond acceptors (Lipinski definition) is 15. The van der Waals surface area contributed by atoms with Crippen LogP contribution >= 0.6 is 15.6 Å². The van der Waals surface area contributed by atoms with Crippen molar-refractivity contribution in [3.8, 4) is 0 Å². The third kappa shape index (κ3) is 64.8. The van der Waals surface area contributed by atoms with E-state index in [2.05, 4.69) is 48.5 Å². The van der Waals surface area contributed by atoms with Crippen molar-refractivity contribution in [2.75, 3.05) is 39.6 Å². The second kappa shape index (κ2) is 61.9. The molecule has 2 unspecified atom stereocenters. The van der Waals surface area contributed by atoms with E-state index in [1.807, 2.05) is 0 Å². The predicted octanol–water partition coefficient (Wildman–Crippen LogP) is 20.2. The first-order valence-electron chi connectivity index (χ1n) is 36.8. The highest BCUT2D eigenvalue weighted by atomic mass is 31.2. The Bertz CT molecular complexity index is 1770. The molecule has 0 aromatic rings. The van der Waals surface area contributed by atoms with E-state index < -0.39 is 97.5 Å². The Balaban J connectivity index is 5.21. The van der Waals surface area contributed by atoms with E-state index in [0.717, 1.165) is 120 Å². The van der Waals surface area contributed by atoms with Gasteiger partial charge in [0.05, 0.1) is 26.4 Å². The summed E-state index contributed by atoms with van der Waals surface area (Å²) in [6.45, 7) is 11.8. The summed E-state index contributed by atoms with van der Waals surface area (Å²) in [6.07, 6.45) is 46.0. The van der Waals surface area contributed by atoms with Crippen LogP contribution in [0.2, 0.25) is 0 Å². The molecule has 0 aliphatic heterocycles. The van der Waals surface area contributed by atoms with Crippen molar-refractivity contribution in [3.63, 3.8) is 0 Å². The number of aliphatic hydroxyl groups is 1. The average molecular weight is 1330 g/mol. The van der Waals surface area contributed by atoms with Crippen molar-refractivity contribution >= 4 is 39.5 Å². The lowest BCUT2D eigenvalue weighted by molar-refractivity contribution is -0.161. The Morgan fingerprint density at radius 2 is 0.511 bits per heavy atom. The van der Waals surface area contributed by atoms with Crippen molar-refractivity contribution in [2.24, 2.45) is 17.8 Å². The van der Waals surface area contributed by atoms with Gasteiger partial charge in [-0.2, -0.15) is 0 Å². The molecule has 17 nitrogen and oxygen atoms in total. The number of ether oxygens (including phenoxy) is 4. The van der Waals surface area contributed by atoms with E-state index >= 15 is 0 Å². The molecule has 90 heavy (non-hydrogen) atoms. The first-order valence-corrected chi connectivity index (χ1v) is 39.8. The fourth-order valence-corrected chi connectivity index (χ4v) is 12.3. The molecule has 534 valence electrons. The van der Waals surface area contributed by atoms with Gasteiger partial charge in [0, 0.05) is 25.7 Å². The van der Waals surface area contributed by atoms with Crippen molar-refractivity contribution in [1.29, 1.82) is 0 Å². The highest BCUT2D eigenvalue weighted by Crippen LogP contribution is 2.45. The number of unbranched alkanes of at least 4 members (excludes halogenated alkanes) is 37. The van der Waals surface area contributed by atoms with Crippen LogP contribution in [0.1, 0.15) is 357 Å². The molecule has 19 heteroatoms. The Kier molecular flexibility index (Phi) is 60.6. The molecule has 0 aliphatic rings. The topological polar surface area (TPSA) is 237 Å². The first kappa shape index (κ1) is 88.1. The number of phosphoric ester groups is 2. The number of hydrogen-bond donors (Lipinski definition) is 3. The minimum Gasteiger partial charge on any atom is -0.462 e. The van der Waals surface area contributed by atoms with E-state index in [1.54, 1.807) is 0 Å². The van der Waals surface area contributed by atoms with Gasteiger partial charge in [0.25, 0.3) is 0 Å². The number of carbonyl (C=O) groups is 4. The normalized spacial score (nSPS) is 14.2. The maximum atomic E-state index is 13.0. The molecule has 0 fully saturated rings. The van der Waals surface area contributed by atoms with Gasteiger partial charge < -0.3 is 33.8 Å². The number of esters is 4. The van der Waals surface area contributed by atoms with Crippen molar-refractivity contribution in [2.45, 2.75) is 375 Å². The minimum atomic E-state index is -4.95. The van der Waals surface area contributed by atoms with Crippen LogP contribution in [0.25, 0.3) is 0 Å². The van der Waals surface area contributed by atoms with E-state index in [1.165, 1.54) is 154 Å². The summed E-state index contributed by atoms with van der Waals surface area (Å²) in [5, 5.41) is 10.6. The predicted molar refractivity (Wildman–Crippen MR) is 363 cm³/mol. The van der Waals surface area contributed by atoms with E-state index in [-0.39, 0.29) is 25.7 Å². The highest BCUT2D eigenvalue weighted by molar-refractivity contribution is 7.47. The summed E-state index contributed by atoms with van der Waals surface area (Å²) in [5.74, 6) is 0.165. The molecule has 0 amide bonds. The van der Waals surface area contributed by atoms with Crippen LogP contribution in [0.5, 0.6) is 0 Å². The molecule has 5 atom stereocenters. The zero-order valence-electron chi connectivity index (χ0n) is 58.6. The standard InChI is InChI=1S/C71H138O17P2/c1-8-9-10-11-28-38-45-52-68(73)81-58-66(88-71(76)55-48-41-34-27-26-31-37-44-51-64(6)7)60-85-89(77,78)83-56-65(72)57-84-90(79,80)86-61-67(59-82-69(74)53-46-39-32-24-20-17-16-19-23-30-36-43-50-63(4)5)87-70(75)54-47-40-33-25-21-15-13-12-14-18-22-29-35-42-49-62(2)3/h62-67,72H,8-61H2,1-7H3,(H,77,78)(H,79,80)/t65-,66+,67+/m0/s1. The number of rotatable bonds is 69. The molecule has 0 spiro atoms. The summed E-state index contributed by atoms with van der Waals surface area (Å²) >= 11 is 0. The highest BCUT2D eigenvalue weighted by Gasteiger charge is 2.30. The van der Waals surface area contributed by atoms with Crippen LogP contribution in [0, 0.1) is 17.8 Å². The van der Waals surface area contributed by atoms with E-state index in [4.69, 9.17) is 37.0 Å². The Labute approximate surface area is 549 Å². The Morgan fingerprint density at radius 1 is 0.300 bits per heavy atom. The van der Waals surface area contributed by atoms with Crippen molar-refractivity contribution < 1.29 is 80.2 Å². The maximum absolute atomic E-state index is 13.0. The Hall–Kier alpha value is -1.94. The molecular weight excluding hydrogens is 1190 g/mol. The summed E-state index contributed by atoms with van der Waals surface area (Å²) < 4.78 is 68.2. The van der Waals surface area contributed by atoms with Crippen LogP contribution in [0.3, 0.4) is 0 Å². The van der Waals surface area contributed by atoms with Crippen molar-refractivity contribution in [1.82, 2.24) is 0 Å². The first-order chi connectivity index (χ1) is 43.2. The number of phosphoric acid groups is 2. The van der Waals surface area contributed by atoms with Gasteiger partial charge in [0.1, 0.15) is 19.3 Å². The smallest absolute Gasteiger partial charge is 0.462 e. The third-order valence-corrected chi connectivity index (χ3v) is 18.3. The second-order valence-corrected chi connectivity index (χ2v) is 30.0. The molecular formula is C71H138O17P2. The van der Waals surface area contributed by atoms with Gasteiger partial charge in [-0.15, -0.1) is 0 Å². The average Bonchev–Trinajstić information content (AvgIpc) is 3.22. The largest absolute Gasteiger partial charge is 0.472 e. The van der Waals surface area contributed by atoms with Gasteiger partial charge >= 0.3 is 39.5 Å². The molecule has 0 saturated carbocycles. The van der Waals surface area contributed by atoms with Gasteiger partial charge in [-0.1, -0.05) is 305 Å². The van der Waals surface area contributed by atoms with E-state index in [9.17, 15) is 43.2 Å². The molecule has 3 N–H and O–H groups in total. The number of aliphatic hydroxyl groups excluding tert-OH is 1. The zero-order chi connectivity index (χ0) is 66.6. The lowest BCUT2D eigenvalue weighted by Gasteiger charge is -2.21. The van der Waals surface area contributed by atoms with Crippen molar-refractivity contribution in [3.05, 3.63) is 0 Å². The SMILES string of the molecule is CCCCCCCCCC(=O)OC[C@H](COP(=O)(O)OC[C@H](O)COP(=O)(O)OC[C@@H](COC(=O)CCCCCCCCCCCCCCC(C)C)OC(=O)CCCCCCCCCCCCCCCCC(C)C)OC(=O)CCCCCCCCCCC(C)C. The van der Waals surface area contributed by atoms with Crippen LogP contribution in [0.15, 0.2) is 0 Å². The van der Waals surface area contributed by atoms with Crippen LogP contribution < -0.4 is 0 Å². The summed E-state index contributed by atoms with van der Waals surface area (Å²) in [5.41, 5.74) is 0. The molecule has 0 aromatic carbocycles. The summed E-state index contributed by atoms with van der Waals surface area (Å²) in [4.78, 5) is 72.4. The van der Waals surface area contributed by atoms with E-state index in [0.29, 0.717) is 25.7 Å². The lowest BCUT2D eigenvalue weighted by Crippen LogP contribution is -2.30. The fourth-order valence-electron chi connectivity index (χ4n) is 10.7. The lowest BCUT2D eigenvalue weighted by atomic mass is 10.0. The van der Waals surface area contributed by atoms with Gasteiger partial charge in [-0.05, 0) is 43.4 Å². The quantitative estimate of drug-likeness (QED) is 0.0222. The fraction of sp³-hybridized carbons (Fsp3) is 0.944. The zero-order valence-corrected chi connectivity index (χ0v) is 60.4. The van der Waals surface area contributed by atoms with Crippen LogP contribution in [-0.4, -0.2) is 96.7 Å². The van der Waals surface area contributed by atoms with Crippen LogP contribution in [0.4, 0.5) is 0 Å². The molecule has 0 saturated heterocycles. The van der Waals surface area contributed by atoms with Gasteiger partial charge in [-0.25, -0.2) is 9.13 Å². The summed E-state index contributed by atoms with van der Waals surface area (Å²) in [7, 11) is -9.90.